The van der Waals surface area contributed by atoms with E-state index >= 15 is 0 Å². The van der Waals surface area contributed by atoms with E-state index in [1.807, 2.05) is 6.07 Å². The zero-order valence-electron chi connectivity index (χ0n) is 7.70. The van der Waals surface area contributed by atoms with Gasteiger partial charge in [0.05, 0.1) is 18.1 Å². The van der Waals surface area contributed by atoms with Crippen molar-refractivity contribution < 1.29 is 9.90 Å². The zero-order valence-corrected chi connectivity index (χ0v) is 9.35. The van der Waals surface area contributed by atoms with Crippen molar-refractivity contribution >= 4 is 30.2 Å². The van der Waals surface area contributed by atoms with Gasteiger partial charge in [0.1, 0.15) is 0 Å². The summed E-state index contributed by atoms with van der Waals surface area (Å²) in [6, 6.07) is 5.10. The van der Waals surface area contributed by atoms with Gasteiger partial charge in [-0.3, -0.25) is 4.79 Å². The van der Waals surface area contributed by atoms with Crippen LogP contribution in [0, 0.1) is 11.3 Å². The molecule has 0 aromatic heterocycles. The SMILES string of the molecule is N#Cc1cc(CCl)c(S)cc1CC(=O)O. The molecule has 0 atom stereocenters. The minimum atomic E-state index is -0.974. The van der Waals surface area contributed by atoms with Crippen molar-refractivity contribution in [2.24, 2.45) is 0 Å². The molecule has 0 unspecified atom stereocenters. The van der Waals surface area contributed by atoms with E-state index in [1.54, 1.807) is 12.1 Å². The molecule has 15 heavy (non-hydrogen) atoms. The molecule has 1 aromatic carbocycles. The number of halogens is 1. The maximum Gasteiger partial charge on any atom is 0.307 e. The summed E-state index contributed by atoms with van der Waals surface area (Å²) < 4.78 is 0. The Morgan fingerprint density at radius 2 is 2.20 bits per heavy atom. The van der Waals surface area contributed by atoms with Crippen LogP contribution in [-0.2, 0) is 17.1 Å². The fourth-order valence-corrected chi connectivity index (χ4v) is 1.81. The van der Waals surface area contributed by atoms with Gasteiger partial charge in [-0.05, 0) is 23.3 Å². The normalized spacial score (nSPS) is 9.67. The van der Waals surface area contributed by atoms with Gasteiger partial charge in [-0.25, -0.2) is 0 Å². The van der Waals surface area contributed by atoms with Gasteiger partial charge in [0, 0.05) is 10.8 Å². The lowest BCUT2D eigenvalue weighted by Crippen LogP contribution is -2.03. The second kappa shape index (κ2) is 5.06. The third kappa shape index (κ3) is 2.88. The Labute approximate surface area is 97.7 Å². The van der Waals surface area contributed by atoms with Crippen LogP contribution in [-0.4, -0.2) is 11.1 Å². The van der Waals surface area contributed by atoms with Crippen molar-refractivity contribution in [2.75, 3.05) is 0 Å². The monoisotopic (exact) mass is 241 g/mol. The highest BCUT2D eigenvalue weighted by molar-refractivity contribution is 7.80. The van der Waals surface area contributed by atoms with E-state index in [0.29, 0.717) is 16.0 Å². The molecule has 0 spiro atoms. The van der Waals surface area contributed by atoms with E-state index in [9.17, 15) is 4.79 Å². The molecule has 78 valence electrons. The third-order valence-corrected chi connectivity index (χ3v) is 2.61. The maximum atomic E-state index is 10.5. The van der Waals surface area contributed by atoms with Gasteiger partial charge in [-0.2, -0.15) is 5.26 Å². The Morgan fingerprint density at radius 3 is 2.67 bits per heavy atom. The van der Waals surface area contributed by atoms with E-state index < -0.39 is 5.97 Å². The molecule has 1 rings (SSSR count). The second-order valence-electron chi connectivity index (χ2n) is 2.95. The molecule has 0 aliphatic carbocycles. The maximum absolute atomic E-state index is 10.5. The Hall–Kier alpha value is -1.18. The topological polar surface area (TPSA) is 61.1 Å². The molecular formula is C10H8ClNO2S. The number of thiol groups is 1. The molecule has 1 aromatic rings. The number of carboxylic acid groups (broad SMARTS) is 1. The number of aliphatic carboxylic acids is 1. The fourth-order valence-electron chi connectivity index (χ4n) is 1.20. The molecule has 0 fully saturated rings. The molecule has 0 aliphatic heterocycles. The molecule has 0 saturated heterocycles. The number of hydrogen-bond donors (Lipinski definition) is 2. The number of hydrogen-bond acceptors (Lipinski definition) is 3. The summed E-state index contributed by atoms with van der Waals surface area (Å²) in [7, 11) is 0. The summed E-state index contributed by atoms with van der Waals surface area (Å²) in [5, 5.41) is 17.5. The van der Waals surface area contributed by atoms with E-state index in [2.05, 4.69) is 12.6 Å². The average molecular weight is 242 g/mol. The number of rotatable bonds is 3. The van der Waals surface area contributed by atoms with Crippen molar-refractivity contribution in [3.8, 4) is 6.07 Å². The van der Waals surface area contributed by atoms with Gasteiger partial charge in [0.2, 0.25) is 0 Å². The van der Waals surface area contributed by atoms with Crippen LogP contribution < -0.4 is 0 Å². The zero-order chi connectivity index (χ0) is 11.4. The summed E-state index contributed by atoms with van der Waals surface area (Å²) in [6.07, 6.45) is -0.182. The fraction of sp³-hybridized carbons (Fsp3) is 0.200. The molecule has 0 saturated carbocycles. The summed E-state index contributed by atoms with van der Waals surface area (Å²) in [5.41, 5.74) is 1.53. The van der Waals surface area contributed by atoms with Crippen LogP contribution in [0.4, 0.5) is 0 Å². The third-order valence-electron chi connectivity index (χ3n) is 1.91. The first-order valence-corrected chi connectivity index (χ1v) is 5.09. The minimum absolute atomic E-state index is 0.182. The quantitative estimate of drug-likeness (QED) is 0.630. The van der Waals surface area contributed by atoms with E-state index in [4.69, 9.17) is 22.0 Å². The van der Waals surface area contributed by atoms with Crippen LogP contribution in [0.1, 0.15) is 16.7 Å². The molecule has 0 radical (unpaired) electrons. The second-order valence-corrected chi connectivity index (χ2v) is 3.70. The molecule has 1 N–H and O–H groups in total. The molecule has 0 amide bonds. The molecular weight excluding hydrogens is 234 g/mol. The predicted octanol–water partition coefficient (Wildman–Crippen LogP) is 2.21. The summed E-state index contributed by atoms with van der Waals surface area (Å²) in [6.45, 7) is 0. The average Bonchev–Trinajstić information content (AvgIpc) is 2.17. The number of nitrogens with zero attached hydrogens (tertiary/aromatic N) is 1. The number of carboxylic acids is 1. The van der Waals surface area contributed by atoms with Crippen LogP contribution in [0.3, 0.4) is 0 Å². The van der Waals surface area contributed by atoms with Crippen LogP contribution in [0.25, 0.3) is 0 Å². The Balaban J connectivity index is 3.22. The molecule has 5 heteroatoms. The van der Waals surface area contributed by atoms with Gasteiger partial charge in [-0.1, -0.05) is 0 Å². The van der Waals surface area contributed by atoms with Gasteiger partial charge in [-0.15, -0.1) is 24.2 Å². The number of carbonyl (C=O) groups is 1. The number of alkyl halides is 1. The first-order valence-electron chi connectivity index (χ1n) is 4.11. The van der Waals surface area contributed by atoms with Crippen molar-refractivity contribution in [1.82, 2.24) is 0 Å². The number of benzene rings is 1. The highest BCUT2D eigenvalue weighted by Gasteiger charge is 2.10. The van der Waals surface area contributed by atoms with Crippen molar-refractivity contribution in [3.05, 3.63) is 28.8 Å². The van der Waals surface area contributed by atoms with Crippen LogP contribution in [0.2, 0.25) is 0 Å². The summed E-state index contributed by atoms with van der Waals surface area (Å²) in [5.74, 6) is -0.723. The van der Waals surface area contributed by atoms with Crippen LogP contribution >= 0.6 is 24.2 Å². The summed E-state index contributed by atoms with van der Waals surface area (Å²) in [4.78, 5) is 11.2. The largest absolute Gasteiger partial charge is 0.481 e. The van der Waals surface area contributed by atoms with Crippen LogP contribution in [0.15, 0.2) is 17.0 Å². The Kier molecular flexibility index (Phi) is 4.01. The predicted molar refractivity (Wildman–Crippen MR) is 59.3 cm³/mol. The highest BCUT2D eigenvalue weighted by Crippen LogP contribution is 2.22. The van der Waals surface area contributed by atoms with Gasteiger partial charge in [0.25, 0.3) is 0 Å². The number of nitriles is 1. The van der Waals surface area contributed by atoms with Crippen molar-refractivity contribution in [3.63, 3.8) is 0 Å². The van der Waals surface area contributed by atoms with E-state index in [1.165, 1.54) is 0 Å². The lowest BCUT2D eigenvalue weighted by molar-refractivity contribution is -0.136. The van der Waals surface area contributed by atoms with Gasteiger partial charge >= 0.3 is 5.97 Å². The lowest BCUT2D eigenvalue weighted by atomic mass is 10.0. The van der Waals surface area contributed by atoms with Crippen molar-refractivity contribution in [2.45, 2.75) is 17.2 Å². The van der Waals surface area contributed by atoms with Crippen LogP contribution in [0.5, 0.6) is 0 Å². The Bertz CT molecular complexity index is 440. The lowest BCUT2D eigenvalue weighted by Gasteiger charge is -2.06. The Morgan fingerprint density at radius 1 is 1.53 bits per heavy atom. The van der Waals surface area contributed by atoms with Gasteiger partial charge < -0.3 is 5.11 Å². The minimum Gasteiger partial charge on any atom is -0.481 e. The van der Waals surface area contributed by atoms with Gasteiger partial charge in [0.15, 0.2) is 0 Å². The first kappa shape index (κ1) is 11.9. The standard InChI is InChI=1S/C10H8ClNO2S/c11-4-7-1-8(5-12)6(2-9(7)15)3-10(13)14/h1-2,15H,3-4H2,(H,13,14). The summed E-state index contributed by atoms with van der Waals surface area (Å²) >= 11 is 9.81. The first-order chi connectivity index (χ1) is 7.08. The molecule has 3 nitrogen and oxygen atoms in total. The highest BCUT2D eigenvalue weighted by atomic mass is 35.5. The molecule has 0 aliphatic rings. The molecule has 0 heterocycles. The smallest absolute Gasteiger partial charge is 0.307 e. The van der Waals surface area contributed by atoms with E-state index in [-0.39, 0.29) is 12.3 Å². The molecule has 0 bridgehead atoms. The van der Waals surface area contributed by atoms with E-state index in [0.717, 1.165) is 5.56 Å². The van der Waals surface area contributed by atoms with Crippen molar-refractivity contribution in [1.29, 1.82) is 5.26 Å².